The Labute approximate surface area is 93.3 Å². The van der Waals surface area contributed by atoms with Crippen molar-refractivity contribution in [2.75, 3.05) is 0 Å². The summed E-state index contributed by atoms with van der Waals surface area (Å²) in [6, 6.07) is 5.83. The summed E-state index contributed by atoms with van der Waals surface area (Å²) in [7, 11) is 0. The van der Waals surface area contributed by atoms with Gasteiger partial charge in [-0.25, -0.2) is 0 Å². The van der Waals surface area contributed by atoms with E-state index in [0.717, 1.165) is 28.6 Å². The number of hydrogen-bond donors (Lipinski definition) is 2. The van der Waals surface area contributed by atoms with Crippen molar-refractivity contribution < 1.29 is 9.90 Å². The van der Waals surface area contributed by atoms with E-state index < -0.39 is 5.97 Å². The molecule has 0 aliphatic heterocycles. The van der Waals surface area contributed by atoms with Crippen LogP contribution in [0.2, 0.25) is 0 Å². The largest absolute Gasteiger partial charge is 0.481 e. The first-order chi connectivity index (χ1) is 7.72. The van der Waals surface area contributed by atoms with Gasteiger partial charge >= 0.3 is 5.97 Å². The van der Waals surface area contributed by atoms with Crippen LogP contribution in [0, 0.1) is 0 Å². The zero-order valence-corrected chi connectivity index (χ0v) is 9.16. The molecule has 0 radical (unpaired) electrons. The third kappa shape index (κ3) is 1.91. The molecule has 0 bridgehead atoms. The molecule has 0 saturated carbocycles. The van der Waals surface area contributed by atoms with Crippen LogP contribution in [-0.2, 0) is 17.6 Å². The molecule has 4 heteroatoms. The van der Waals surface area contributed by atoms with E-state index in [2.05, 4.69) is 17.1 Å². The summed E-state index contributed by atoms with van der Waals surface area (Å²) in [6.45, 7) is 2.06. The number of fused-ring (bicyclic) bond motifs is 1. The van der Waals surface area contributed by atoms with Crippen LogP contribution >= 0.6 is 0 Å². The number of aliphatic carboxylic acids is 1. The molecule has 2 aromatic rings. The van der Waals surface area contributed by atoms with Gasteiger partial charge in [0.25, 0.3) is 0 Å². The highest BCUT2D eigenvalue weighted by molar-refractivity contribution is 5.85. The van der Waals surface area contributed by atoms with Gasteiger partial charge in [0.2, 0.25) is 0 Å². The highest BCUT2D eigenvalue weighted by atomic mass is 16.4. The summed E-state index contributed by atoms with van der Waals surface area (Å²) in [5.74, 6) is -0.765. The Balaban J connectivity index is 2.42. The predicted octanol–water partition coefficient (Wildman–Crippen LogP) is 2.14. The van der Waals surface area contributed by atoms with Crippen molar-refractivity contribution in [1.82, 2.24) is 10.2 Å². The number of aryl methyl sites for hydroxylation is 2. The van der Waals surface area contributed by atoms with Crippen LogP contribution in [-0.4, -0.2) is 21.3 Å². The van der Waals surface area contributed by atoms with Crippen LogP contribution in [0.25, 0.3) is 10.9 Å². The molecular formula is C12H14N2O2. The van der Waals surface area contributed by atoms with Gasteiger partial charge < -0.3 is 5.11 Å². The second-order valence-electron chi connectivity index (χ2n) is 3.76. The van der Waals surface area contributed by atoms with E-state index in [9.17, 15) is 4.79 Å². The lowest BCUT2D eigenvalue weighted by Gasteiger charge is -2.02. The van der Waals surface area contributed by atoms with Crippen LogP contribution in [0.1, 0.15) is 24.6 Å². The number of carboxylic acid groups (broad SMARTS) is 1. The first-order valence-electron chi connectivity index (χ1n) is 5.39. The lowest BCUT2D eigenvalue weighted by atomic mass is 10.0. The Morgan fingerprint density at radius 3 is 3.00 bits per heavy atom. The fourth-order valence-corrected chi connectivity index (χ4v) is 1.92. The number of carboxylic acids is 1. The van der Waals surface area contributed by atoms with Gasteiger partial charge in [-0.05, 0) is 24.5 Å². The molecule has 0 amide bonds. The lowest BCUT2D eigenvalue weighted by Crippen LogP contribution is -1.98. The van der Waals surface area contributed by atoms with Crippen molar-refractivity contribution in [3.05, 3.63) is 29.5 Å². The van der Waals surface area contributed by atoms with Crippen molar-refractivity contribution in [1.29, 1.82) is 0 Å². The number of rotatable bonds is 4. The van der Waals surface area contributed by atoms with Crippen LogP contribution < -0.4 is 0 Å². The van der Waals surface area contributed by atoms with Gasteiger partial charge in [0, 0.05) is 17.5 Å². The average Bonchev–Trinajstić information content (AvgIpc) is 2.69. The van der Waals surface area contributed by atoms with E-state index in [1.807, 2.05) is 18.2 Å². The van der Waals surface area contributed by atoms with Gasteiger partial charge in [-0.3, -0.25) is 9.89 Å². The Bertz CT molecular complexity index is 517. The van der Waals surface area contributed by atoms with Crippen molar-refractivity contribution >= 4 is 16.9 Å². The maximum absolute atomic E-state index is 10.6. The topological polar surface area (TPSA) is 66.0 Å². The SMILES string of the molecule is CCc1[nH]nc2cccc(CCC(=O)O)c12. The summed E-state index contributed by atoms with van der Waals surface area (Å²) >= 11 is 0. The lowest BCUT2D eigenvalue weighted by molar-refractivity contribution is -0.136. The van der Waals surface area contributed by atoms with Gasteiger partial charge in [-0.15, -0.1) is 0 Å². The van der Waals surface area contributed by atoms with Gasteiger partial charge in [0.1, 0.15) is 0 Å². The van der Waals surface area contributed by atoms with Gasteiger partial charge in [0.15, 0.2) is 0 Å². The number of benzene rings is 1. The quantitative estimate of drug-likeness (QED) is 0.826. The third-order valence-electron chi connectivity index (χ3n) is 2.70. The van der Waals surface area contributed by atoms with Crippen molar-refractivity contribution in [3.8, 4) is 0 Å². The standard InChI is InChI=1S/C12H14N2O2/c1-2-9-12-8(6-7-11(15)16)4-3-5-10(12)14-13-9/h3-5H,2,6-7H2,1H3,(H,13,14)(H,15,16). The van der Waals surface area contributed by atoms with Crippen LogP contribution in [0.4, 0.5) is 0 Å². The van der Waals surface area contributed by atoms with E-state index in [1.165, 1.54) is 0 Å². The molecule has 0 fully saturated rings. The Morgan fingerprint density at radius 2 is 2.31 bits per heavy atom. The van der Waals surface area contributed by atoms with E-state index in [-0.39, 0.29) is 6.42 Å². The predicted molar refractivity (Wildman–Crippen MR) is 61.4 cm³/mol. The number of carbonyl (C=O) groups is 1. The minimum Gasteiger partial charge on any atom is -0.481 e. The molecule has 16 heavy (non-hydrogen) atoms. The minimum atomic E-state index is -0.765. The first kappa shape index (κ1) is 10.7. The molecule has 0 spiro atoms. The second kappa shape index (κ2) is 4.35. The van der Waals surface area contributed by atoms with Gasteiger partial charge in [0.05, 0.1) is 5.52 Å². The fourth-order valence-electron chi connectivity index (χ4n) is 1.92. The molecular weight excluding hydrogens is 204 g/mol. The Kier molecular flexibility index (Phi) is 2.90. The number of aromatic nitrogens is 2. The Hall–Kier alpha value is -1.84. The molecule has 0 atom stereocenters. The highest BCUT2D eigenvalue weighted by Crippen LogP contribution is 2.22. The van der Waals surface area contributed by atoms with Crippen molar-refractivity contribution in [2.45, 2.75) is 26.2 Å². The van der Waals surface area contributed by atoms with Gasteiger partial charge in [-0.2, -0.15) is 5.10 Å². The number of nitrogens with zero attached hydrogens (tertiary/aromatic N) is 1. The number of aromatic amines is 1. The molecule has 1 aromatic carbocycles. The molecule has 2 N–H and O–H groups in total. The number of nitrogens with one attached hydrogen (secondary N) is 1. The molecule has 1 aromatic heterocycles. The molecule has 4 nitrogen and oxygen atoms in total. The number of H-pyrrole nitrogens is 1. The van der Waals surface area contributed by atoms with Crippen molar-refractivity contribution in [3.63, 3.8) is 0 Å². The summed E-state index contributed by atoms with van der Waals surface area (Å²) in [5, 5.41) is 17.0. The normalized spacial score (nSPS) is 10.8. The zero-order chi connectivity index (χ0) is 11.5. The first-order valence-corrected chi connectivity index (χ1v) is 5.39. The van der Waals surface area contributed by atoms with Crippen LogP contribution in [0.3, 0.4) is 0 Å². The van der Waals surface area contributed by atoms with Gasteiger partial charge in [-0.1, -0.05) is 19.1 Å². The van der Waals surface area contributed by atoms with E-state index in [4.69, 9.17) is 5.11 Å². The zero-order valence-electron chi connectivity index (χ0n) is 9.16. The summed E-state index contributed by atoms with van der Waals surface area (Å²) < 4.78 is 0. The summed E-state index contributed by atoms with van der Waals surface area (Å²) in [5.41, 5.74) is 3.06. The third-order valence-corrected chi connectivity index (χ3v) is 2.70. The van der Waals surface area contributed by atoms with Crippen LogP contribution in [0.15, 0.2) is 18.2 Å². The molecule has 0 aliphatic carbocycles. The van der Waals surface area contributed by atoms with E-state index >= 15 is 0 Å². The maximum Gasteiger partial charge on any atom is 0.303 e. The molecule has 0 unspecified atom stereocenters. The molecule has 0 aliphatic rings. The monoisotopic (exact) mass is 218 g/mol. The fraction of sp³-hybridized carbons (Fsp3) is 0.333. The minimum absolute atomic E-state index is 0.160. The molecule has 2 rings (SSSR count). The average molecular weight is 218 g/mol. The molecule has 1 heterocycles. The smallest absolute Gasteiger partial charge is 0.303 e. The molecule has 0 saturated heterocycles. The van der Waals surface area contributed by atoms with E-state index in [1.54, 1.807) is 0 Å². The van der Waals surface area contributed by atoms with Crippen LogP contribution in [0.5, 0.6) is 0 Å². The van der Waals surface area contributed by atoms with E-state index in [0.29, 0.717) is 6.42 Å². The van der Waals surface area contributed by atoms with Crippen molar-refractivity contribution in [2.24, 2.45) is 0 Å². The molecule has 84 valence electrons. The highest BCUT2D eigenvalue weighted by Gasteiger charge is 2.09. The summed E-state index contributed by atoms with van der Waals surface area (Å²) in [6.07, 6.45) is 1.59. The number of hydrogen-bond acceptors (Lipinski definition) is 2. The second-order valence-corrected chi connectivity index (χ2v) is 3.76. The Morgan fingerprint density at radius 1 is 1.50 bits per heavy atom. The maximum atomic E-state index is 10.6. The summed E-state index contributed by atoms with van der Waals surface area (Å²) in [4.78, 5) is 10.6.